The fraction of sp³-hybridized carbons (Fsp3) is 0.200. The second-order valence-electron chi connectivity index (χ2n) is 5.07. The average molecular weight is 283 g/mol. The average Bonchev–Trinajstić information content (AvgIpc) is 2.95. The van der Waals surface area contributed by atoms with Crippen molar-refractivity contribution in [3.63, 3.8) is 0 Å². The second kappa shape index (κ2) is 4.66. The second-order valence-corrected chi connectivity index (χ2v) is 5.07. The summed E-state index contributed by atoms with van der Waals surface area (Å²) in [5.74, 6) is 0.288. The Hall–Kier alpha value is -2.76. The molecule has 6 heteroatoms. The fourth-order valence-electron chi connectivity index (χ4n) is 2.58. The van der Waals surface area contributed by atoms with Crippen LogP contribution in [0.15, 0.2) is 30.0 Å². The molecule has 1 aromatic carbocycles. The van der Waals surface area contributed by atoms with Gasteiger partial charge in [0, 0.05) is 23.6 Å². The molecule has 106 valence electrons. The first-order valence-electron chi connectivity index (χ1n) is 6.49. The number of hydrogen-bond acceptors (Lipinski definition) is 4. The zero-order valence-electron chi connectivity index (χ0n) is 11.7. The monoisotopic (exact) mass is 283 g/mol. The molecule has 0 radical (unpaired) electrons. The zero-order chi connectivity index (χ0) is 15.1. The highest BCUT2D eigenvalue weighted by molar-refractivity contribution is 6.15. The summed E-state index contributed by atoms with van der Waals surface area (Å²) in [6, 6.07) is 5.65. The van der Waals surface area contributed by atoms with Gasteiger partial charge in [-0.2, -0.15) is 0 Å². The van der Waals surface area contributed by atoms with Crippen molar-refractivity contribution >= 4 is 17.7 Å². The number of carbonyl (C=O) groups excluding carboxylic acids is 1. The lowest BCUT2D eigenvalue weighted by molar-refractivity contribution is -0.391. The van der Waals surface area contributed by atoms with E-state index >= 15 is 0 Å². The number of nitro groups is 1. The lowest BCUT2D eigenvalue weighted by Gasteiger charge is -1.99. The van der Waals surface area contributed by atoms with Crippen molar-refractivity contribution in [3.05, 3.63) is 62.6 Å². The van der Waals surface area contributed by atoms with Gasteiger partial charge in [0.25, 0.3) is 0 Å². The number of allylic oxidation sites excluding steroid dienone is 1. The van der Waals surface area contributed by atoms with Gasteiger partial charge in [0.05, 0.1) is 7.05 Å². The van der Waals surface area contributed by atoms with Crippen molar-refractivity contribution in [2.45, 2.75) is 13.3 Å². The van der Waals surface area contributed by atoms with Gasteiger partial charge in [-0.1, -0.05) is 18.2 Å². The van der Waals surface area contributed by atoms with Crippen molar-refractivity contribution in [3.8, 4) is 0 Å². The molecule has 1 aliphatic carbocycles. The summed E-state index contributed by atoms with van der Waals surface area (Å²) >= 11 is 0. The number of nitrogens with zero attached hydrogens (tertiary/aromatic N) is 3. The van der Waals surface area contributed by atoms with E-state index in [0.29, 0.717) is 23.4 Å². The van der Waals surface area contributed by atoms with Crippen molar-refractivity contribution in [1.29, 1.82) is 0 Å². The van der Waals surface area contributed by atoms with Gasteiger partial charge in [0.15, 0.2) is 5.78 Å². The number of Topliss-reactive ketones (excluding diaryl/α,β-unsaturated/α-hetero) is 1. The number of ketones is 1. The lowest BCUT2D eigenvalue weighted by atomic mass is 10.1. The molecule has 1 aromatic heterocycles. The van der Waals surface area contributed by atoms with Crippen LogP contribution in [-0.4, -0.2) is 20.3 Å². The van der Waals surface area contributed by atoms with Gasteiger partial charge in [0.2, 0.25) is 5.82 Å². The van der Waals surface area contributed by atoms with Gasteiger partial charge >= 0.3 is 5.82 Å². The van der Waals surface area contributed by atoms with Crippen LogP contribution < -0.4 is 0 Å². The van der Waals surface area contributed by atoms with Gasteiger partial charge in [-0.05, 0) is 23.0 Å². The van der Waals surface area contributed by atoms with Gasteiger partial charge in [-0.15, -0.1) is 0 Å². The highest BCUT2D eigenvalue weighted by Crippen LogP contribution is 2.30. The summed E-state index contributed by atoms with van der Waals surface area (Å²) in [6.07, 6.45) is 3.38. The Labute approximate surface area is 120 Å². The van der Waals surface area contributed by atoms with Crippen molar-refractivity contribution in [2.24, 2.45) is 7.05 Å². The maximum atomic E-state index is 12.4. The highest BCUT2D eigenvalue weighted by atomic mass is 16.6. The van der Waals surface area contributed by atoms with Crippen LogP contribution in [0, 0.1) is 17.0 Å². The minimum atomic E-state index is -0.496. The molecule has 0 saturated carbocycles. The molecule has 1 aliphatic rings. The summed E-state index contributed by atoms with van der Waals surface area (Å²) in [7, 11) is 1.56. The minimum Gasteiger partial charge on any atom is -0.358 e. The molecule has 0 N–H and O–H groups in total. The first-order valence-corrected chi connectivity index (χ1v) is 6.49. The number of fused-ring (bicyclic) bond motifs is 1. The third-order valence-corrected chi connectivity index (χ3v) is 3.80. The van der Waals surface area contributed by atoms with Crippen LogP contribution in [0.2, 0.25) is 0 Å². The van der Waals surface area contributed by atoms with E-state index < -0.39 is 4.92 Å². The number of benzene rings is 1. The van der Waals surface area contributed by atoms with Crippen LogP contribution in [0.25, 0.3) is 6.08 Å². The van der Waals surface area contributed by atoms with E-state index in [-0.39, 0.29) is 11.6 Å². The Bertz CT molecular complexity index is 802. The van der Waals surface area contributed by atoms with E-state index in [9.17, 15) is 14.9 Å². The lowest BCUT2D eigenvalue weighted by Crippen LogP contribution is -2.01. The van der Waals surface area contributed by atoms with Crippen LogP contribution in [0.4, 0.5) is 5.82 Å². The maximum absolute atomic E-state index is 12.4. The molecule has 0 spiro atoms. The number of imidazole rings is 1. The Morgan fingerprint density at radius 3 is 2.81 bits per heavy atom. The Morgan fingerprint density at radius 2 is 2.19 bits per heavy atom. The first kappa shape index (κ1) is 13.2. The van der Waals surface area contributed by atoms with E-state index in [1.165, 1.54) is 10.8 Å². The first-order chi connectivity index (χ1) is 9.99. The Balaban J connectivity index is 2.02. The number of hydrogen-bond donors (Lipinski definition) is 0. The van der Waals surface area contributed by atoms with E-state index in [2.05, 4.69) is 4.98 Å². The van der Waals surface area contributed by atoms with Crippen LogP contribution in [-0.2, 0) is 13.5 Å². The molecular weight excluding hydrogens is 270 g/mol. The number of aryl methyl sites for hydroxylation is 1. The van der Waals surface area contributed by atoms with E-state index in [4.69, 9.17) is 0 Å². The Kier molecular flexibility index (Phi) is 2.94. The van der Waals surface area contributed by atoms with E-state index in [1.54, 1.807) is 13.1 Å². The van der Waals surface area contributed by atoms with Crippen molar-refractivity contribution in [1.82, 2.24) is 9.55 Å². The smallest absolute Gasteiger partial charge is 0.342 e. The standard InChI is InChI=1S/C15H13N3O3/c1-9-4-3-5-11-12(9)6-10(15(11)19)7-13-16-8-14(17(13)2)18(20)21/h3-5,7-8H,6H2,1-2H3. The molecule has 0 aliphatic heterocycles. The molecule has 0 atom stereocenters. The van der Waals surface area contributed by atoms with Crippen LogP contribution in [0.5, 0.6) is 0 Å². The molecule has 0 fully saturated rings. The van der Waals surface area contributed by atoms with E-state index in [1.807, 2.05) is 25.1 Å². The number of carbonyl (C=O) groups is 1. The SMILES string of the molecule is Cc1cccc2c1CC(=Cc1ncc([N+](=O)[O-])n1C)C2=O. The summed E-state index contributed by atoms with van der Waals surface area (Å²) in [5.41, 5.74) is 3.43. The largest absolute Gasteiger partial charge is 0.358 e. The molecular formula is C15H13N3O3. The number of rotatable bonds is 2. The topological polar surface area (TPSA) is 78.0 Å². The molecule has 2 aromatic rings. The summed E-state index contributed by atoms with van der Waals surface area (Å²) in [4.78, 5) is 26.7. The summed E-state index contributed by atoms with van der Waals surface area (Å²) < 4.78 is 1.37. The molecule has 21 heavy (non-hydrogen) atoms. The van der Waals surface area contributed by atoms with Gasteiger partial charge in [-0.3, -0.25) is 4.79 Å². The fourth-order valence-corrected chi connectivity index (χ4v) is 2.58. The van der Waals surface area contributed by atoms with E-state index in [0.717, 1.165) is 11.1 Å². The molecule has 0 amide bonds. The van der Waals surface area contributed by atoms with Gasteiger partial charge < -0.3 is 10.1 Å². The molecule has 3 rings (SSSR count). The number of aromatic nitrogens is 2. The third kappa shape index (κ3) is 2.05. The van der Waals surface area contributed by atoms with Crippen LogP contribution in [0.3, 0.4) is 0 Å². The molecule has 1 heterocycles. The quantitative estimate of drug-likeness (QED) is 0.482. The summed E-state index contributed by atoms with van der Waals surface area (Å²) in [5, 5.41) is 10.8. The van der Waals surface area contributed by atoms with Crippen molar-refractivity contribution in [2.75, 3.05) is 0 Å². The molecule has 0 bridgehead atoms. The highest BCUT2D eigenvalue weighted by Gasteiger charge is 2.27. The van der Waals surface area contributed by atoms with Gasteiger partial charge in [0.1, 0.15) is 6.20 Å². The minimum absolute atomic E-state index is 0.0284. The molecule has 6 nitrogen and oxygen atoms in total. The van der Waals surface area contributed by atoms with Crippen LogP contribution >= 0.6 is 0 Å². The maximum Gasteiger partial charge on any atom is 0.342 e. The third-order valence-electron chi connectivity index (χ3n) is 3.80. The molecule has 0 saturated heterocycles. The van der Waals surface area contributed by atoms with Crippen LogP contribution in [0.1, 0.15) is 27.3 Å². The predicted molar refractivity (Wildman–Crippen MR) is 77.1 cm³/mol. The molecule has 0 unspecified atom stereocenters. The summed E-state index contributed by atoms with van der Waals surface area (Å²) in [6.45, 7) is 1.97. The van der Waals surface area contributed by atoms with Crippen molar-refractivity contribution < 1.29 is 9.72 Å². The normalized spacial score (nSPS) is 15.5. The van der Waals surface area contributed by atoms with Gasteiger partial charge in [-0.25, -0.2) is 9.55 Å². The Morgan fingerprint density at radius 1 is 1.43 bits per heavy atom. The predicted octanol–water partition coefficient (Wildman–Crippen LogP) is 2.46. The zero-order valence-corrected chi connectivity index (χ0v) is 11.7.